The van der Waals surface area contributed by atoms with E-state index in [1.54, 1.807) is 6.07 Å². The van der Waals surface area contributed by atoms with Gasteiger partial charge < -0.3 is 15.4 Å². The fourth-order valence-corrected chi connectivity index (χ4v) is 2.23. The molecule has 0 bridgehead atoms. The largest absolute Gasteiger partial charge is 0.465 e. The van der Waals surface area contributed by atoms with Crippen molar-refractivity contribution in [2.24, 2.45) is 0 Å². The summed E-state index contributed by atoms with van der Waals surface area (Å²) in [5.74, 6) is -0.412. The quantitative estimate of drug-likeness (QED) is 0.692. The van der Waals surface area contributed by atoms with Crippen LogP contribution < -0.4 is 10.6 Å². The lowest BCUT2D eigenvalue weighted by Gasteiger charge is -2.21. The molecule has 0 aromatic heterocycles. The first-order valence-corrected chi connectivity index (χ1v) is 6.76. The highest BCUT2D eigenvalue weighted by molar-refractivity contribution is 5.97. The number of rotatable bonds is 4. The minimum atomic E-state index is -0.412. The number of methoxy groups -OCH3 is 1. The maximum atomic E-state index is 11.8. The van der Waals surface area contributed by atoms with Gasteiger partial charge in [-0.1, -0.05) is 30.3 Å². The third-order valence-corrected chi connectivity index (χ3v) is 3.48. The molecule has 0 saturated carbocycles. The first kappa shape index (κ1) is 14.9. The third kappa shape index (κ3) is 3.34. The Morgan fingerprint density at radius 2 is 1.90 bits per heavy atom. The van der Waals surface area contributed by atoms with Crippen molar-refractivity contribution >= 4 is 17.3 Å². The molecule has 0 unspecified atom stereocenters. The van der Waals surface area contributed by atoms with Crippen LogP contribution in [0.5, 0.6) is 0 Å². The number of benzene rings is 2. The van der Waals surface area contributed by atoms with Gasteiger partial charge >= 0.3 is 5.97 Å². The number of hydrogen-bond acceptors (Lipinski definition) is 4. The Labute approximate surface area is 125 Å². The van der Waals surface area contributed by atoms with Gasteiger partial charge in [0.25, 0.3) is 0 Å². The topological polar surface area (TPSA) is 55.6 Å². The summed E-state index contributed by atoms with van der Waals surface area (Å²) in [4.78, 5) is 13.9. The number of carbonyl (C=O) groups excluding carboxylic acids is 1. The second-order valence-corrected chi connectivity index (χ2v) is 5.06. The van der Waals surface area contributed by atoms with Crippen LogP contribution in [0.2, 0.25) is 0 Å². The second kappa shape index (κ2) is 6.31. The van der Waals surface area contributed by atoms with E-state index in [0.717, 1.165) is 17.8 Å². The van der Waals surface area contributed by atoms with Crippen molar-refractivity contribution in [2.45, 2.75) is 13.5 Å². The highest BCUT2D eigenvalue weighted by Gasteiger charge is 2.15. The van der Waals surface area contributed by atoms with Crippen molar-refractivity contribution in [1.82, 2.24) is 0 Å². The van der Waals surface area contributed by atoms with Crippen molar-refractivity contribution in [3.05, 3.63) is 59.2 Å². The summed E-state index contributed by atoms with van der Waals surface area (Å²) in [6, 6.07) is 13.9. The Bertz CT molecular complexity index is 639. The zero-order valence-corrected chi connectivity index (χ0v) is 12.6. The molecule has 2 aromatic rings. The summed E-state index contributed by atoms with van der Waals surface area (Å²) in [6.45, 7) is 2.65. The van der Waals surface area contributed by atoms with E-state index < -0.39 is 5.97 Å². The van der Waals surface area contributed by atoms with Gasteiger partial charge in [-0.3, -0.25) is 0 Å². The number of hydrogen-bond donors (Lipinski definition) is 1. The van der Waals surface area contributed by atoms with Crippen LogP contribution in [0.4, 0.5) is 11.4 Å². The molecule has 2 N–H and O–H groups in total. The van der Waals surface area contributed by atoms with E-state index in [4.69, 9.17) is 10.5 Å². The molecule has 0 aliphatic carbocycles. The van der Waals surface area contributed by atoms with Gasteiger partial charge in [-0.2, -0.15) is 0 Å². The molecule has 0 fully saturated rings. The minimum Gasteiger partial charge on any atom is -0.465 e. The van der Waals surface area contributed by atoms with Gasteiger partial charge in [0.15, 0.2) is 0 Å². The number of nitrogen functional groups attached to an aromatic ring is 1. The van der Waals surface area contributed by atoms with E-state index in [-0.39, 0.29) is 0 Å². The van der Waals surface area contributed by atoms with Gasteiger partial charge in [0.05, 0.1) is 12.7 Å². The lowest BCUT2D eigenvalue weighted by molar-refractivity contribution is 0.0602. The van der Waals surface area contributed by atoms with Crippen LogP contribution in [0.1, 0.15) is 21.5 Å². The predicted molar refractivity (Wildman–Crippen MR) is 85.5 cm³/mol. The number of esters is 1. The molecule has 4 heteroatoms. The molecular formula is C17H20N2O2. The maximum absolute atomic E-state index is 11.8. The molecule has 0 aliphatic heterocycles. The average molecular weight is 284 g/mol. The van der Waals surface area contributed by atoms with E-state index >= 15 is 0 Å². The zero-order chi connectivity index (χ0) is 15.4. The van der Waals surface area contributed by atoms with Gasteiger partial charge in [0, 0.05) is 25.0 Å². The fraction of sp³-hybridized carbons (Fsp3) is 0.235. The number of nitrogens with two attached hydrogens (primary N) is 1. The van der Waals surface area contributed by atoms with E-state index in [1.165, 1.54) is 12.7 Å². The molecular weight excluding hydrogens is 264 g/mol. The highest BCUT2D eigenvalue weighted by Crippen LogP contribution is 2.26. The smallest absolute Gasteiger partial charge is 0.340 e. The van der Waals surface area contributed by atoms with Gasteiger partial charge in [-0.15, -0.1) is 0 Å². The standard InChI is InChI=1S/C17H20N2O2/c1-12-9-14(10-15(16(12)18)17(20)21-3)19(2)11-13-7-5-4-6-8-13/h4-10H,11,18H2,1-3H3. The van der Waals surface area contributed by atoms with Gasteiger partial charge in [0.1, 0.15) is 0 Å². The highest BCUT2D eigenvalue weighted by atomic mass is 16.5. The summed E-state index contributed by atoms with van der Waals surface area (Å²) < 4.78 is 4.79. The number of nitrogens with zero attached hydrogens (tertiary/aromatic N) is 1. The van der Waals surface area contributed by atoms with Crippen LogP contribution in [0.15, 0.2) is 42.5 Å². The zero-order valence-electron chi connectivity index (χ0n) is 12.6. The van der Waals surface area contributed by atoms with Crippen molar-refractivity contribution in [3.63, 3.8) is 0 Å². The second-order valence-electron chi connectivity index (χ2n) is 5.06. The molecule has 0 saturated heterocycles. The van der Waals surface area contributed by atoms with E-state index in [2.05, 4.69) is 17.0 Å². The van der Waals surface area contributed by atoms with Gasteiger partial charge in [-0.05, 0) is 30.2 Å². The van der Waals surface area contributed by atoms with Crippen molar-refractivity contribution < 1.29 is 9.53 Å². The SMILES string of the molecule is COC(=O)c1cc(N(C)Cc2ccccc2)cc(C)c1N. The molecule has 21 heavy (non-hydrogen) atoms. The molecule has 0 heterocycles. The molecule has 0 amide bonds. The first-order chi connectivity index (χ1) is 10.0. The Balaban J connectivity index is 2.31. The van der Waals surface area contributed by atoms with Crippen LogP contribution in [-0.2, 0) is 11.3 Å². The maximum Gasteiger partial charge on any atom is 0.340 e. The number of aryl methyl sites for hydroxylation is 1. The monoisotopic (exact) mass is 284 g/mol. The van der Waals surface area contributed by atoms with E-state index in [1.807, 2.05) is 38.2 Å². The summed E-state index contributed by atoms with van der Waals surface area (Å²) in [7, 11) is 3.34. The number of ether oxygens (including phenoxy) is 1. The average Bonchev–Trinajstić information content (AvgIpc) is 2.50. The summed E-state index contributed by atoms with van der Waals surface area (Å²) in [5.41, 5.74) is 9.85. The normalized spacial score (nSPS) is 10.2. The molecule has 110 valence electrons. The molecule has 0 radical (unpaired) electrons. The predicted octanol–water partition coefficient (Wildman–Crippen LogP) is 3.00. The molecule has 2 rings (SSSR count). The number of anilines is 2. The molecule has 0 aliphatic rings. The lowest BCUT2D eigenvalue weighted by Crippen LogP contribution is -2.18. The van der Waals surface area contributed by atoms with Crippen molar-refractivity contribution in [1.29, 1.82) is 0 Å². The third-order valence-electron chi connectivity index (χ3n) is 3.48. The Kier molecular flexibility index (Phi) is 4.48. The Morgan fingerprint density at radius 1 is 1.24 bits per heavy atom. The Hall–Kier alpha value is -2.49. The van der Waals surface area contributed by atoms with Crippen LogP contribution in [0.3, 0.4) is 0 Å². The van der Waals surface area contributed by atoms with E-state index in [9.17, 15) is 4.79 Å². The van der Waals surface area contributed by atoms with Crippen LogP contribution in [-0.4, -0.2) is 20.1 Å². The van der Waals surface area contributed by atoms with Crippen LogP contribution in [0, 0.1) is 6.92 Å². The molecule has 0 spiro atoms. The first-order valence-electron chi connectivity index (χ1n) is 6.76. The van der Waals surface area contributed by atoms with Crippen LogP contribution in [0.25, 0.3) is 0 Å². The molecule has 0 atom stereocenters. The summed E-state index contributed by atoms with van der Waals surface area (Å²) in [6.07, 6.45) is 0. The van der Waals surface area contributed by atoms with Crippen molar-refractivity contribution in [2.75, 3.05) is 24.8 Å². The molecule has 4 nitrogen and oxygen atoms in total. The van der Waals surface area contributed by atoms with Crippen molar-refractivity contribution in [3.8, 4) is 0 Å². The van der Waals surface area contributed by atoms with Gasteiger partial charge in [0.2, 0.25) is 0 Å². The minimum absolute atomic E-state index is 0.410. The summed E-state index contributed by atoms with van der Waals surface area (Å²) >= 11 is 0. The van der Waals surface area contributed by atoms with E-state index in [0.29, 0.717) is 11.3 Å². The molecule has 2 aromatic carbocycles. The van der Waals surface area contributed by atoms with Gasteiger partial charge in [-0.25, -0.2) is 4.79 Å². The Morgan fingerprint density at radius 3 is 2.52 bits per heavy atom. The fourth-order valence-electron chi connectivity index (χ4n) is 2.23. The summed E-state index contributed by atoms with van der Waals surface area (Å²) in [5, 5.41) is 0. The number of carbonyl (C=O) groups is 1. The lowest BCUT2D eigenvalue weighted by atomic mass is 10.1. The van der Waals surface area contributed by atoms with Crippen LogP contribution >= 0.6 is 0 Å².